The standard InChI is InChI=1S/C22H38N6/c1-3-6-22-19-25-15-18-28(16-13-23-11-8-20(2)27-22)17-14-24-12-9-21-7-4-5-10-26-21/h3,5-6,10,23-25H,1,4,7-9,11-19H2,2H3/b22-6-,27-20+. The van der Waals surface area contributed by atoms with E-state index < -0.39 is 0 Å². The van der Waals surface area contributed by atoms with Gasteiger partial charge in [0.1, 0.15) is 0 Å². The molecule has 0 saturated carbocycles. The van der Waals surface area contributed by atoms with E-state index in [1.54, 1.807) is 0 Å². The third-order valence-corrected chi connectivity index (χ3v) is 4.98. The fourth-order valence-corrected chi connectivity index (χ4v) is 3.32. The van der Waals surface area contributed by atoms with Crippen LogP contribution >= 0.6 is 0 Å². The summed E-state index contributed by atoms with van der Waals surface area (Å²) in [4.78, 5) is 11.7. The molecule has 156 valence electrons. The second kappa shape index (κ2) is 14.4. The van der Waals surface area contributed by atoms with E-state index in [0.717, 1.165) is 90.3 Å². The Bertz CT molecular complexity index is 576. The lowest BCUT2D eigenvalue weighted by Crippen LogP contribution is -2.41. The highest BCUT2D eigenvalue weighted by molar-refractivity contribution is 5.85. The van der Waals surface area contributed by atoms with E-state index in [0.29, 0.717) is 0 Å². The SMILES string of the molecule is C=C/C=C1CNCCN(CCNCCC2=NC=CCC2)CCNCC/C(C)=N/1. The summed E-state index contributed by atoms with van der Waals surface area (Å²) in [6, 6.07) is 0. The van der Waals surface area contributed by atoms with Gasteiger partial charge in [0.25, 0.3) is 0 Å². The van der Waals surface area contributed by atoms with Crippen molar-refractivity contribution in [3.8, 4) is 0 Å². The molecular weight excluding hydrogens is 348 g/mol. The first-order valence-electron chi connectivity index (χ1n) is 10.7. The van der Waals surface area contributed by atoms with E-state index in [4.69, 9.17) is 4.99 Å². The van der Waals surface area contributed by atoms with Gasteiger partial charge in [0.05, 0.1) is 5.70 Å². The molecule has 0 aliphatic carbocycles. The number of nitrogens with one attached hydrogen (secondary N) is 3. The molecule has 0 radical (unpaired) electrons. The summed E-state index contributed by atoms with van der Waals surface area (Å²) < 4.78 is 0. The number of hydrogen-bond donors (Lipinski definition) is 3. The van der Waals surface area contributed by atoms with E-state index in [1.807, 2.05) is 18.4 Å². The van der Waals surface area contributed by atoms with Gasteiger partial charge in [0.15, 0.2) is 0 Å². The van der Waals surface area contributed by atoms with Crippen molar-refractivity contribution in [3.63, 3.8) is 0 Å². The summed E-state index contributed by atoms with van der Waals surface area (Å²) in [5, 5.41) is 10.7. The van der Waals surface area contributed by atoms with Crippen LogP contribution in [0.3, 0.4) is 0 Å². The van der Waals surface area contributed by atoms with Gasteiger partial charge in [-0.1, -0.05) is 18.7 Å². The van der Waals surface area contributed by atoms with E-state index in [2.05, 4.69) is 45.4 Å². The third kappa shape index (κ3) is 10.1. The molecule has 2 aliphatic rings. The third-order valence-electron chi connectivity index (χ3n) is 4.98. The van der Waals surface area contributed by atoms with Crippen LogP contribution in [0.1, 0.15) is 32.6 Å². The Hall–Kier alpha value is -1.60. The Balaban J connectivity index is 1.70. The molecule has 0 unspecified atom stereocenters. The van der Waals surface area contributed by atoms with Crippen molar-refractivity contribution in [1.82, 2.24) is 20.9 Å². The molecular formula is C22H38N6. The Morgan fingerprint density at radius 1 is 1.18 bits per heavy atom. The molecule has 6 heteroatoms. The van der Waals surface area contributed by atoms with E-state index in [-0.39, 0.29) is 0 Å². The molecule has 2 heterocycles. The molecule has 0 amide bonds. The molecule has 0 aromatic heterocycles. The van der Waals surface area contributed by atoms with Gasteiger partial charge in [0.2, 0.25) is 0 Å². The molecule has 0 atom stereocenters. The van der Waals surface area contributed by atoms with E-state index in [1.165, 1.54) is 11.4 Å². The van der Waals surface area contributed by atoms with Crippen LogP contribution in [0.15, 0.2) is 46.7 Å². The number of nitrogens with zero attached hydrogens (tertiary/aromatic N) is 3. The number of allylic oxidation sites excluding steroid dienone is 3. The maximum Gasteiger partial charge on any atom is 0.0540 e. The highest BCUT2D eigenvalue weighted by Crippen LogP contribution is 2.05. The van der Waals surface area contributed by atoms with Crippen LogP contribution in [0.5, 0.6) is 0 Å². The highest BCUT2D eigenvalue weighted by Gasteiger charge is 2.07. The largest absolute Gasteiger partial charge is 0.315 e. The molecule has 3 N–H and O–H groups in total. The predicted octanol–water partition coefficient (Wildman–Crippen LogP) is 2.13. The first-order chi connectivity index (χ1) is 13.8. The van der Waals surface area contributed by atoms with Crippen LogP contribution in [0.4, 0.5) is 0 Å². The molecule has 6 nitrogen and oxygen atoms in total. The van der Waals surface area contributed by atoms with E-state index >= 15 is 0 Å². The summed E-state index contributed by atoms with van der Waals surface area (Å²) in [6.45, 7) is 14.9. The van der Waals surface area contributed by atoms with Crippen molar-refractivity contribution in [2.24, 2.45) is 9.98 Å². The molecule has 0 spiro atoms. The molecule has 0 saturated heterocycles. The Labute approximate surface area is 171 Å². The average Bonchev–Trinajstić information content (AvgIpc) is 2.71. The molecule has 2 aliphatic heterocycles. The quantitative estimate of drug-likeness (QED) is 0.587. The molecule has 0 aromatic rings. The zero-order valence-electron chi connectivity index (χ0n) is 17.6. The minimum Gasteiger partial charge on any atom is -0.315 e. The Morgan fingerprint density at radius 3 is 2.82 bits per heavy atom. The zero-order chi connectivity index (χ0) is 19.9. The molecule has 0 fully saturated rings. The maximum absolute atomic E-state index is 4.72. The molecule has 0 aromatic carbocycles. The predicted molar refractivity (Wildman–Crippen MR) is 121 cm³/mol. The average molecular weight is 387 g/mol. The minimum absolute atomic E-state index is 0.791. The monoisotopic (exact) mass is 386 g/mol. The molecule has 28 heavy (non-hydrogen) atoms. The second-order valence-corrected chi connectivity index (χ2v) is 7.38. The van der Waals surface area contributed by atoms with Crippen LogP contribution in [0, 0.1) is 0 Å². The normalized spacial score (nSPS) is 23.8. The number of aliphatic imine (C=N–C) groups is 2. The van der Waals surface area contributed by atoms with Gasteiger partial charge >= 0.3 is 0 Å². The lowest BCUT2D eigenvalue weighted by molar-refractivity contribution is 0.274. The summed E-state index contributed by atoms with van der Waals surface area (Å²) in [6.07, 6.45) is 12.2. The number of hydrogen-bond acceptors (Lipinski definition) is 6. The van der Waals surface area contributed by atoms with Gasteiger partial charge in [-0.3, -0.25) is 14.9 Å². The number of rotatable bonds is 7. The lowest BCUT2D eigenvalue weighted by Gasteiger charge is -2.23. The summed E-state index contributed by atoms with van der Waals surface area (Å²) in [5.41, 5.74) is 3.55. The van der Waals surface area contributed by atoms with Crippen molar-refractivity contribution in [3.05, 3.63) is 36.7 Å². The van der Waals surface area contributed by atoms with Gasteiger partial charge in [-0.25, -0.2) is 0 Å². The lowest BCUT2D eigenvalue weighted by atomic mass is 10.1. The second-order valence-electron chi connectivity index (χ2n) is 7.38. The Kier molecular flexibility index (Phi) is 11.7. The van der Waals surface area contributed by atoms with Gasteiger partial charge in [-0.05, 0) is 38.7 Å². The van der Waals surface area contributed by atoms with Gasteiger partial charge in [-0.15, -0.1) is 0 Å². The van der Waals surface area contributed by atoms with Crippen molar-refractivity contribution in [1.29, 1.82) is 0 Å². The van der Waals surface area contributed by atoms with Crippen molar-refractivity contribution >= 4 is 11.4 Å². The van der Waals surface area contributed by atoms with Crippen molar-refractivity contribution < 1.29 is 0 Å². The highest BCUT2D eigenvalue weighted by atomic mass is 15.2. The summed E-state index contributed by atoms with van der Waals surface area (Å²) in [5.74, 6) is 0. The fraction of sp³-hybridized carbons (Fsp3) is 0.636. The first kappa shape index (κ1) is 22.7. The van der Waals surface area contributed by atoms with Gasteiger partial charge < -0.3 is 16.0 Å². The molecule has 2 rings (SSSR count). The summed E-state index contributed by atoms with van der Waals surface area (Å²) >= 11 is 0. The van der Waals surface area contributed by atoms with Crippen LogP contribution < -0.4 is 16.0 Å². The topological polar surface area (TPSA) is 64.0 Å². The summed E-state index contributed by atoms with van der Waals surface area (Å²) in [7, 11) is 0. The van der Waals surface area contributed by atoms with Crippen molar-refractivity contribution in [2.75, 3.05) is 58.9 Å². The smallest absolute Gasteiger partial charge is 0.0540 e. The van der Waals surface area contributed by atoms with E-state index in [9.17, 15) is 0 Å². The fourth-order valence-electron chi connectivity index (χ4n) is 3.32. The van der Waals surface area contributed by atoms with Gasteiger partial charge in [-0.2, -0.15) is 0 Å². The maximum atomic E-state index is 4.72. The van der Waals surface area contributed by atoms with Crippen LogP contribution in [0.25, 0.3) is 0 Å². The minimum atomic E-state index is 0.791. The Morgan fingerprint density at radius 2 is 2.04 bits per heavy atom. The van der Waals surface area contributed by atoms with Crippen LogP contribution in [0.2, 0.25) is 0 Å². The van der Waals surface area contributed by atoms with Crippen molar-refractivity contribution in [2.45, 2.75) is 32.6 Å². The first-order valence-corrected chi connectivity index (χ1v) is 10.7. The zero-order valence-corrected chi connectivity index (χ0v) is 17.6. The van der Waals surface area contributed by atoms with Crippen LogP contribution in [-0.2, 0) is 0 Å². The molecule has 0 bridgehead atoms. The van der Waals surface area contributed by atoms with Gasteiger partial charge in [0, 0.05) is 76.5 Å². The van der Waals surface area contributed by atoms with Crippen LogP contribution in [-0.4, -0.2) is 75.2 Å².